The number of hydrazone groups is 1. The summed E-state index contributed by atoms with van der Waals surface area (Å²) in [4.78, 5) is 3.87. The third kappa shape index (κ3) is 6.43. The first-order chi connectivity index (χ1) is 15.0. The molecule has 4 N–H and O–H groups in total. The number of nitrogen functional groups attached to an aromatic ring is 1. The second-order valence-corrected chi connectivity index (χ2v) is 8.86. The van der Waals surface area contributed by atoms with Crippen molar-refractivity contribution in [1.29, 1.82) is 0 Å². The van der Waals surface area contributed by atoms with Crippen LogP contribution in [0.15, 0.2) is 17.4 Å². The molecule has 1 heterocycles. The lowest BCUT2D eigenvalue weighted by Crippen LogP contribution is -2.36. The van der Waals surface area contributed by atoms with Crippen LogP contribution in [0.1, 0.15) is 45.1 Å². The Hall–Kier alpha value is -2.17. The van der Waals surface area contributed by atoms with Crippen LogP contribution in [-0.4, -0.2) is 42.6 Å². The number of nitrogens with two attached hydrogens (primary N) is 1. The molecule has 32 heavy (non-hydrogen) atoms. The molecule has 0 radical (unpaired) electrons. The Balaban J connectivity index is 1.43. The molecule has 5 atom stereocenters. The maximum Gasteiger partial charge on any atom is 0.401 e. The van der Waals surface area contributed by atoms with Gasteiger partial charge in [-0.25, -0.2) is 4.98 Å². The van der Waals surface area contributed by atoms with Crippen LogP contribution in [0.2, 0.25) is 0 Å². The van der Waals surface area contributed by atoms with Crippen LogP contribution >= 0.6 is 0 Å². The molecule has 4 rings (SSSR count). The van der Waals surface area contributed by atoms with Crippen molar-refractivity contribution >= 4 is 11.5 Å². The Bertz CT molecular complexity index is 803. The van der Waals surface area contributed by atoms with Crippen molar-refractivity contribution in [2.75, 3.05) is 18.8 Å². The minimum absolute atomic E-state index is 0.0882. The minimum Gasteiger partial charge on any atom is -0.431 e. The van der Waals surface area contributed by atoms with E-state index in [-0.39, 0.29) is 17.6 Å². The lowest BCUT2D eigenvalue weighted by molar-refractivity contribution is -0.125. The number of fused-ring (bicyclic) bond motifs is 1. The van der Waals surface area contributed by atoms with Crippen LogP contribution < -0.4 is 21.2 Å². The number of hydrogen-bond donors (Lipinski definition) is 3. The van der Waals surface area contributed by atoms with Gasteiger partial charge in [-0.05, 0) is 75.8 Å². The van der Waals surface area contributed by atoms with Crippen molar-refractivity contribution in [2.24, 2.45) is 28.8 Å². The molecule has 0 saturated heterocycles. The first-order valence-corrected chi connectivity index (χ1v) is 10.8. The van der Waals surface area contributed by atoms with Crippen LogP contribution in [0.4, 0.5) is 27.8 Å². The Labute approximate surface area is 184 Å². The van der Waals surface area contributed by atoms with E-state index in [1.54, 1.807) is 6.92 Å². The average Bonchev–Trinajstić information content (AvgIpc) is 3.25. The summed E-state index contributed by atoms with van der Waals surface area (Å²) in [5, 5.41) is 6.88. The largest absolute Gasteiger partial charge is 0.431 e. The topological polar surface area (TPSA) is 84.6 Å². The van der Waals surface area contributed by atoms with Gasteiger partial charge < -0.3 is 21.2 Å². The van der Waals surface area contributed by atoms with Crippen LogP contribution in [0.25, 0.3) is 0 Å². The number of alkyl halides is 5. The van der Waals surface area contributed by atoms with Crippen LogP contribution in [0.5, 0.6) is 5.75 Å². The van der Waals surface area contributed by atoms with Gasteiger partial charge in [0.25, 0.3) is 0 Å². The summed E-state index contributed by atoms with van der Waals surface area (Å²) < 4.78 is 66.3. The third-order valence-electron chi connectivity index (χ3n) is 6.57. The second kappa shape index (κ2) is 10.2. The lowest BCUT2D eigenvalue weighted by Gasteiger charge is -2.38. The second-order valence-electron chi connectivity index (χ2n) is 8.86. The fourth-order valence-corrected chi connectivity index (χ4v) is 4.94. The van der Waals surface area contributed by atoms with Gasteiger partial charge in [-0.1, -0.05) is 0 Å². The summed E-state index contributed by atoms with van der Waals surface area (Å²) in [6.45, 7) is 0.243. The van der Waals surface area contributed by atoms with Gasteiger partial charge in [0, 0.05) is 17.8 Å². The highest BCUT2D eigenvalue weighted by molar-refractivity contribution is 5.98. The Morgan fingerprint density at radius 1 is 1.34 bits per heavy atom. The van der Waals surface area contributed by atoms with Gasteiger partial charge in [0.05, 0.1) is 12.3 Å². The predicted molar refractivity (Wildman–Crippen MR) is 111 cm³/mol. The predicted octanol–water partition coefficient (Wildman–Crippen LogP) is 4.17. The molecule has 0 spiro atoms. The number of nitrogens with zero attached hydrogens (tertiary/aromatic N) is 2. The smallest absolute Gasteiger partial charge is 0.401 e. The van der Waals surface area contributed by atoms with Crippen molar-refractivity contribution in [2.45, 2.75) is 58.4 Å². The SMILES string of the molecule is C/C(=N/NC(C)CC[C@H]1[C@H]2CC(CNCC(F)(F)F)[C@@H]1C2)c1cnc(N)c(OC(F)F)c1. The number of ether oxygens (including phenoxy) is 1. The summed E-state index contributed by atoms with van der Waals surface area (Å²) >= 11 is 0. The Kier molecular flexibility index (Phi) is 7.79. The number of nitrogens with one attached hydrogen (secondary N) is 2. The van der Waals surface area contributed by atoms with E-state index < -0.39 is 19.3 Å². The summed E-state index contributed by atoms with van der Waals surface area (Å²) in [5.74, 6) is 1.71. The molecular weight excluding hydrogens is 433 g/mol. The molecule has 0 aliphatic heterocycles. The van der Waals surface area contributed by atoms with Crippen molar-refractivity contribution in [3.8, 4) is 5.75 Å². The van der Waals surface area contributed by atoms with Crippen LogP contribution in [0, 0.1) is 23.7 Å². The first-order valence-electron chi connectivity index (χ1n) is 10.8. The van der Waals surface area contributed by atoms with Gasteiger partial charge >= 0.3 is 12.8 Å². The number of hydrogen-bond acceptors (Lipinski definition) is 6. The molecular formula is C21H30F5N5O. The van der Waals surface area contributed by atoms with Crippen LogP contribution in [0.3, 0.4) is 0 Å². The van der Waals surface area contributed by atoms with E-state index in [0.717, 1.165) is 25.7 Å². The molecule has 0 aromatic carbocycles. The summed E-state index contributed by atoms with van der Waals surface area (Å²) in [5.41, 5.74) is 9.70. The zero-order chi connectivity index (χ0) is 23.5. The quantitative estimate of drug-likeness (QED) is 0.261. The van der Waals surface area contributed by atoms with Gasteiger partial charge in [0.15, 0.2) is 11.6 Å². The van der Waals surface area contributed by atoms with Crippen molar-refractivity contribution in [3.05, 3.63) is 17.8 Å². The van der Waals surface area contributed by atoms with Crippen molar-refractivity contribution < 1.29 is 26.7 Å². The monoisotopic (exact) mass is 463 g/mol. The van der Waals surface area contributed by atoms with Crippen molar-refractivity contribution in [3.63, 3.8) is 0 Å². The maximum absolute atomic E-state index is 12.5. The van der Waals surface area contributed by atoms with Gasteiger partial charge in [-0.15, -0.1) is 0 Å². The van der Waals surface area contributed by atoms with E-state index >= 15 is 0 Å². The number of rotatable bonds is 11. The summed E-state index contributed by atoms with van der Waals surface area (Å²) in [6, 6.07) is 1.46. The highest BCUT2D eigenvalue weighted by Crippen LogP contribution is 2.58. The highest BCUT2D eigenvalue weighted by Gasteiger charge is 2.51. The third-order valence-corrected chi connectivity index (χ3v) is 6.57. The molecule has 6 nitrogen and oxygen atoms in total. The van der Waals surface area contributed by atoms with E-state index in [0.29, 0.717) is 41.5 Å². The molecule has 180 valence electrons. The molecule has 3 aliphatic carbocycles. The Morgan fingerprint density at radius 2 is 2.09 bits per heavy atom. The normalized spacial score (nSPS) is 26.2. The van der Waals surface area contributed by atoms with Crippen molar-refractivity contribution in [1.82, 2.24) is 15.7 Å². The fraction of sp³-hybridized carbons (Fsp3) is 0.714. The minimum atomic E-state index is -4.17. The molecule has 0 amide bonds. The number of aromatic nitrogens is 1. The van der Waals surface area contributed by atoms with Gasteiger partial charge in [0.1, 0.15) is 0 Å². The zero-order valence-corrected chi connectivity index (χ0v) is 18.1. The van der Waals surface area contributed by atoms with E-state index in [1.165, 1.54) is 12.3 Å². The van der Waals surface area contributed by atoms with Gasteiger partial charge in [-0.3, -0.25) is 0 Å². The van der Waals surface area contributed by atoms with Gasteiger partial charge in [-0.2, -0.15) is 27.1 Å². The van der Waals surface area contributed by atoms with Crippen LogP contribution in [-0.2, 0) is 0 Å². The van der Waals surface area contributed by atoms with Gasteiger partial charge in [0.2, 0.25) is 0 Å². The molecule has 1 aromatic heterocycles. The summed E-state index contributed by atoms with van der Waals surface area (Å²) in [7, 11) is 0. The van der Waals surface area contributed by atoms with E-state index in [1.807, 2.05) is 6.92 Å². The van der Waals surface area contributed by atoms with E-state index in [4.69, 9.17) is 5.73 Å². The average molecular weight is 463 g/mol. The molecule has 3 aliphatic rings. The summed E-state index contributed by atoms with van der Waals surface area (Å²) in [6.07, 6.45) is 1.29. The number of pyridine rings is 1. The zero-order valence-electron chi connectivity index (χ0n) is 18.1. The molecule has 3 fully saturated rings. The molecule has 3 saturated carbocycles. The molecule has 2 bridgehead atoms. The maximum atomic E-state index is 12.5. The first kappa shape index (κ1) is 24.5. The van der Waals surface area contributed by atoms with E-state index in [9.17, 15) is 22.0 Å². The molecule has 2 unspecified atom stereocenters. The molecule has 11 heteroatoms. The van der Waals surface area contributed by atoms with E-state index in [2.05, 4.69) is 25.6 Å². The standard InChI is InChI=1S/C21H30F5N5O/c1-11(30-31-12(2)14-7-18(32-20(22)23)19(27)29-9-14)3-4-16-13-5-15(17(16)6-13)8-28-10-21(24,25)26/h7,9,11,13,15-17,20,28,30H,3-6,8,10H2,1-2H3,(H2,27,29)/b31-12-/t11?,13-,15?,16-,17-/m0/s1. The fourth-order valence-electron chi connectivity index (χ4n) is 4.94. The molecule has 1 aromatic rings. The highest BCUT2D eigenvalue weighted by atomic mass is 19.4. The Morgan fingerprint density at radius 3 is 2.78 bits per heavy atom. The number of anilines is 1. The number of halogens is 5. The lowest BCUT2D eigenvalue weighted by atomic mass is 9.68.